The lowest BCUT2D eigenvalue weighted by atomic mass is 10.1. The summed E-state index contributed by atoms with van der Waals surface area (Å²) >= 11 is 0. The van der Waals surface area contributed by atoms with Gasteiger partial charge in [0.25, 0.3) is 0 Å². The van der Waals surface area contributed by atoms with Crippen LogP contribution >= 0.6 is 0 Å². The van der Waals surface area contributed by atoms with E-state index in [1.165, 1.54) is 24.6 Å². The Morgan fingerprint density at radius 3 is 2.53 bits per heavy atom. The van der Waals surface area contributed by atoms with Crippen molar-refractivity contribution >= 4 is 15.8 Å². The van der Waals surface area contributed by atoms with Gasteiger partial charge < -0.3 is 10.1 Å². The highest BCUT2D eigenvalue weighted by molar-refractivity contribution is 7.89. The van der Waals surface area contributed by atoms with Crippen LogP contribution in [0.3, 0.4) is 0 Å². The molecule has 0 aliphatic carbocycles. The minimum Gasteiger partial charge on any atom is -0.381 e. The first-order valence-electron chi connectivity index (χ1n) is 6.23. The molecule has 0 bridgehead atoms. The van der Waals surface area contributed by atoms with Gasteiger partial charge in [0.05, 0.1) is 0 Å². The number of ether oxygens (including phenoxy) is 1. The van der Waals surface area contributed by atoms with Crippen molar-refractivity contribution < 1.29 is 13.2 Å². The maximum absolute atomic E-state index is 11.9. The van der Waals surface area contributed by atoms with Gasteiger partial charge in [0, 0.05) is 39.5 Å². The van der Waals surface area contributed by atoms with Gasteiger partial charge in [-0.1, -0.05) is 0 Å². The van der Waals surface area contributed by atoms with Gasteiger partial charge in [-0.3, -0.25) is 0 Å². The molecule has 2 heterocycles. The summed E-state index contributed by atoms with van der Waals surface area (Å²) in [7, 11) is -0.397. The molecule has 0 amide bonds. The third-order valence-electron chi connectivity index (χ3n) is 3.09. The molecule has 1 saturated heterocycles. The van der Waals surface area contributed by atoms with Crippen molar-refractivity contribution in [1.82, 2.24) is 9.29 Å². The lowest BCUT2D eigenvalue weighted by Crippen LogP contribution is -2.28. The van der Waals surface area contributed by atoms with E-state index in [0.29, 0.717) is 11.9 Å². The smallest absolute Gasteiger partial charge is 0.244 e. The first-order chi connectivity index (χ1) is 9.00. The molecule has 0 saturated carbocycles. The monoisotopic (exact) mass is 285 g/mol. The van der Waals surface area contributed by atoms with E-state index in [0.717, 1.165) is 26.1 Å². The lowest BCUT2D eigenvalue weighted by Gasteiger charge is -2.23. The predicted octanol–water partition coefficient (Wildman–Crippen LogP) is 0.923. The van der Waals surface area contributed by atoms with E-state index < -0.39 is 10.0 Å². The summed E-state index contributed by atoms with van der Waals surface area (Å²) in [5.74, 6) is 0.699. The molecule has 1 fully saturated rings. The highest BCUT2D eigenvalue weighted by Crippen LogP contribution is 2.16. The predicted molar refractivity (Wildman–Crippen MR) is 72.6 cm³/mol. The Morgan fingerprint density at radius 2 is 2.00 bits per heavy atom. The Hall–Kier alpha value is -1.18. The molecule has 0 spiro atoms. The zero-order valence-electron chi connectivity index (χ0n) is 11.2. The fraction of sp³-hybridized carbons (Fsp3) is 0.583. The SMILES string of the molecule is CN(C)S(=O)(=O)c1ccc(NC2CCOCC2)nc1. The number of rotatable bonds is 4. The fourth-order valence-corrected chi connectivity index (χ4v) is 2.73. The standard InChI is InChI=1S/C12H19N3O3S/c1-15(2)19(16,17)11-3-4-12(13-9-11)14-10-5-7-18-8-6-10/h3-4,9-10H,5-8H2,1-2H3,(H,13,14). The van der Waals surface area contributed by atoms with Crippen LogP contribution in [0.4, 0.5) is 5.82 Å². The first kappa shape index (κ1) is 14.2. The normalized spacial score (nSPS) is 17.6. The van der Waals surface area contributed by atoms with E-state index in [1.807, 2.05) is 0 Å². The van der Waals surface area contributed by atoms with Gasteiger partial charge in [-0.25, -0.2) is 17.7 Å². The molecule has 2 rings (SSSR count). The summed E-state index contributed by atoms with van der Waals surface area (Å²) < 4.78 is 30.2. The summed E-state index contributed by atoms with van der Waals surface area (Å²) in [4.78, 5) is 4.37. The molecule has 0 aromatic carbocycles. The Balaban J connectivity index is 2.06. The van der Waals surface area contributed by atoms with Crippen LogP contribution in [0.15, 0.2) is 23.2 Å². The number of nitrogens with one attached hydrogen (secondary N) is 1. The minimum absolute atomic E-state index is 0.204. The molecule has 0 radical (unpaired) electrons. The molecule has 0 unspecified atom stereocenters. The summed E-state index contributed by atoms with van der Waals surface area (Å²) in [6.07, 6.45) is 3.27. The van der Waals surface area contributed by atoms with Crippen LogP contribution in [0.5, 0.6) is 0 Å². The fourth-order valence-electron chi connectivity index (χ4n) is 1.88. The third kappa shape index (κ3) is 3.43. The molecule has 1 aliphatic heterocycles. The summed E-state index contributed by atoms with van der Waals surface area (Å²) in [5, 5.41) is 3.29. The van der Waals surface area contributed by atoms with Gasteiger partial charge in [0.15, 0.2) is 0 Å². The van der Waals surface area contributed by atoms with E-state index in [-0.39, 0.29) is 4.90 Å². The van der Waals surface area contributed by atoms with Crippen LogP contribution in [0.1, 0.15) is 12.8 Å². The number of anilines is 1. The first-order valence-corrected chi connectivity index (χ1v) is 7.67. The second-order valence-electron chi connectivity index (χ2n) is 4.70. The molecule has 6 nitrogen and oxygen atoms in total. The zero-order chi connectivity index (χ0) is 13.9. The van der Waals surface area contributed by atoms with Crippen molar-refractivity contribution in [2.45, 2.75) is 23.8 Å². The van der Waals surface area contributed by atoms with Crippen LogP contribution in [-0.2, 0) is 14.8 Å². The second kappa shape index (κ2) is 5.85. The second-order valence-corrected chi connectivity index (χ2v) is 6.85. The maximum atomic E-state index is 11.9. The van der Waals surface area contributed by atoms with Gasteiger partial charge in [0.1, 0.15) is 10.7 Å². The number of hydrogen-bond acceptors (Lipinski definition) is 5. The van der Waals surface area contributed by atoms with Crippen molar-refractivity contribution in [3.63, 3.8) is 0 Å². The molecular formula is C12H19N3O3S. The van der Waals surface area contributed by atoms with Crippen molar-refractivity contribution in [3.05, 3.63) is 18.3 Å². The third-order valence-corrected chi connectivity index (χ3v) is 4.89. The van der Waals surface area contributed by atoms with Gasteiger partial charge >= 0.3 is 0 Å². The molecule has 0 atom stereocenters. The Morgan fingerprint density at radius 1 is 1.32 bits per heavy atom. The number of aromatic nitrogens is 1. The van der Waals surface area contributed by atoms with Crippen molar-refractivity contribution in [3.8, 4) is 0 Å². The number of sulfonamides is 1. The van der Waals surface area contributed by atoms with E-state index >= 15 is 0 Å². The summed E-state index contributed by atoms with van der Waals surface area (Å²) in [6.45, 7) is 1.51. The van der Waals surface area contributed by atoms with Crippen LogP contribution in [0, 0.1) is 0 Å². The topological polar surface area (TPSA) is 71.5 Å². The van der Waals surface area contributed by atoms with Crippen LogP contribution in [-0.4, -0.2) is 51.1 Å². The van der Waals surface area contributed by atoms with Crippen molar-refractivity contribution in [2.24, 2.45) is 0 Å². The molecule has 7 heteroatoms. The number of hydrogen-bond donors (Lipinski definition) is 1. The van der Waals surface area contributed by atoms with Crippen LogP contribution in [0.2, 0.25) is 0 Å². The average molecular weight is 285 g/mol. The lowest BCUT2D eigenvalue weighted by molar-refractivity contribution is 0.0904. The van der Waals surface area contributed by atoms with E-state index in [1.54, 1.807) is 12.1 Å². The molecule has 1 aliphatic rings. The Kier molecular flexibility index (Phi) is 4.38. The molecular weight excluding hydrogens is 266 g/mol. The molecule has 1 aromatic rings. The maximum Gasteiger partial charge on any atom is 0.244 e. The summed E-state index contributed by atoms with van der Waals surface area (Å²) in [6, 6.07) is 3.62. The van der Waals surface area contributed by atoms with Gasteiger partial charge in [-0.2, -0.15) is 0 Å². The number of nitrogens with zero attached hydrogens (tertiary/aromatic N) is 2. The van der Waals surface area contributed by atoms with E-state index in [9.17, 15) is 8.42 Å². The van der Waals surface area contributed by atoms with Crippen molar-refractivity contribution in [2.75, 3.05) is 32.6 Å². The summed E-state index contributed by atoms with van der Waals surface area (Å²) in [5.41, 5.74) is 0. The Bertz CT molecular complexity index is 508. The molecule has 106 valence electrons. The Labute approximate surface area is 113 Å². The van der Waals surface area contributed by atoms with E-state index in [2.05, 4.69) is 10.3 Å². The number of pyridine rings is 1. The van der Waals surface area contributed by atoms with Gasteiger partial charge in [-0.05, 0) is 25.0 Å². The van der Waals surface area contributed by atoms with Gasteiger partial charge in [0.2, 0.25) is 10.0 Å². The molecule has 1 aromatic heterocycles. The van der Waals surface area contributed by atoms with Crippen molar-refractivity contribution in [1.29, 1.82) is 0 Å². The quantitative estimate of drug-likeness (QED) is 0.891. The average Bonchev–Trinajstić information content (AvgIpc) is 2.40. The zero-order valence-corrected chi connectivity index (χ0v) is 12.0. The highest BCUT2D eigenvalue weighted by Gasteiger charge is 2.18. The minimum atomic E-state index is -3.40. The molecule has 19 heavy (non-hydrogen) atoms. The molecule has 1 N–H and O–H groups in total. The highest BCUT2D eigenvalue weighted by atomic mass is 32.2. The van der Waals surface area contributed by atoms with E-state index in [4.69, 9.17) is 4.74 Å². The largest absolute Gasteiger partial charge is 0.381 e. The van der Waals surface area contributed by atoms with Gasteiger partial charge in [-0.15, -0.1) is 0 Å². The van der Waals surface area contributed by atoms with Crippen LogP contribution in [0.25, 0.3) is 0 Å². The van der Waals surface area contributed by atoms with Crippen LogP contribution < -0.4 is 5.32 Å².